The highest BCUT2D eigenvalue weighted by molar-refractivity contribution is 7.93. The number of nitrogens with two attached hydrogens (primary N) is 1. The summed E-state index contributed by atoms with van der Waals surface area (Å²) in [5.74, 6) is -0.340. The van der Waals surface area contributed by atoms with Gasteiger partial charge >= 0.3 is 0 Å². The first-order valence-corrected chi connectivity index (χ1v) is 12.0. The second-order valence-corrected chi connectivity index (χ2v) is 9.77. The minimum absolute atomic E-state index is 0. The van der Waals surface area contributed by atoms with Crippen LogP contribution in [0.3, 0.4) is 0 Å². The molecular formula is C25H23FN4O3S2. The van der Waals surface area contributed by atoms with Crippen molar-refractivity contribution in [2.75, 3.05) is 16.6 Å². The summed E-state index contributed by atoms with van der Waals surface area (Å²) < 4.78 is 44.1. The van der Waals surface area contributed by atoms with Crippen molar-refractivity contribution < 1.29 is 17.9 Å². The molecule has 0 saturated carbocycles. The van der Waals surface area contributed by atoms with Crippen molar-refractivity contribution in [2.45, 2.75) is 17.4 Å². The first-order chi connectivity index (χ1) is 16.4. The third-order valence-electron chi connectivity index (χ3n) is 5.88. The van der Waals surface area contributed by atoms with Gasteiger partial charge in [0.25, 0.3) is 10.0 Å². The van der Waals surface area contributed by atoms with Crippen molar-refractivity contribution >= 4 is 35.0 Å². The van der Waals surface area contributed by atoms with Crippen LogP contribution in [-0.4, -0.2) is 36.1 Å². The molecule has 1 aromatic heterocycles. The average molecular weight is 511 g/mol. The number of rotatable bonds is 5. The Morgan fingerprint density at radius 3 is 2.46 bits per heavy atom. The number of fused-ring (bicyclic) bond motifs is 1. The van der Waals surface area contributed by atoms with Crippen molar-refractivity contribution in [3.63, 3.8) is 0 Å². The number of halogens is 1. The zero-order valence-electron chi connectivity index (χ0n) is 18.5. The van der Waals surface area contributed by atoms with E-state index in [1.54, 1.807) is 36.4 Å². The summed E-state index contributed by atoms with van der Waals surface area (Å²) in [4.78, 5) is 8.08. The van der Waals surface area contributed by atoms with Crippen LogP contribution in [0.4, 0.5) is 15.9 Å². The van der Waals surface area contributed by atoms with Crippen LogP contribution < -0.4 is 10.0 Å². The lowest BCUT2D eigenvalue weighted by Gasteiger charge is -2.27. The van der Waals surface area contributed by atoms with Gasteiger partial charge in [0, 0.05) is 11.1 Å². The molecule has 1 atom stereocenters. The second kappa shape index (κ2) is 9.65. The van der Waals surface area contributed by atoms with Gasteiger partial charge in [0.05, 0.1) is 41.3 Å². The van der Waals surface area contributed by atoms with E-state index >= 15 is 4.39 Å². The minimum Gasteiger partial charge on any atom is -0.394 e. The maximum absolute atomic E-state index is 15.1. The molecule has 180 valence electrons. The Bertz CT molecular complexity index is 1480. The van der Waals surface area contributed by atoms with E-state index in [4.69, 9.17) is 5.73 Å². The van der Waals surface area contributed by atoms with Crippen LogP contribution >= 0.6 is 13.5 Å². The summed E-state index contributed by atoms with van der Waals surface area (Å²) in [6.45, 7) is -0.317. The van der Waals surface area contributed by atoms with Crippen LogP contribution in [0.5, 0.6) is 0 Å². The average Bonchev–Trinajstić information content (AvgIpc) is 3.24. The number of nitrogens with zero attached hydrogens (tertiary/aromatic N) is 3. The highest BCUT2D eigenvalue weighted by Gasteiger charge is 2.39. The first kappa shape index (κ1) is 24.6. The molecule has 35 heavy (non-hydrogen) atoms. The molecule has 7 nitrogen and oxygen atoms in total. The molecule has 3 N–H and O–H groups in total. The predicted molar refractivity (Wildman–Crippen MR) is 138 cm³/mol. The highest BCUT2D eigenvalue weighted by Crippen LogP contribution is 2.39. The molecule has 4 aromatic rings. The van der Waals surface area contributed by atoms with Gasteiger partial charge in [-0.2, -0.15) is 13.5 Å². The lowest BCUT2D eigenvalue weighted by Crippen LogP contribution is -2.40. The van der Waals surface area contributed by atoms with Gasteiger partial charge in [0.2, 0.25) is 0 Å². The van der Waals surface area contributed by atoms with Gasteiger partial charge in [0.1, 0.15) is 11.6 Å². The maximum Gasteiger partial charge on any atom is 0.265 e. The van der Waals surface area contributed by atoms with E-state index in [0.29, 0.717) is 28.9 Å². The molecule has 0 aliphatic carbocycles. The Morgan fingerprint density at radius 2 is 1.74 bits per heavy atom. The van der Waals surface area contributed by atoms with Crippen molar-refractivity contribution in [1.29, 1.82) is 0 Å². The van der Waals surface area contributed by atoms with Gasteiger partial charge in [-0.25, -0.2) is 17.8 Å². The molecular weight excluding hydrogens is 487 g/mol. The van der Waals surface area contributed by atoms with Gasteiger partial charge < -0.3 is 10.8 Å². The highest BCUT2D eigenvalue weighted by atomic mass is 32.2. The molecule has 10 heteroatoms. The normalized spacial score (nSPS) is 14.9. The van der Waals surface area contributed by atoms with E-state index in [1.807, 2.05) is 12.1 Å². The summed E-state index contributed by atoms with van der Waals surface area (Å²) >= 11 is 0. The number of benzene rings is 3. The van der Waals surface area contributed by atoms with Crippen LogP contribution in [0.25, 0.3) is 22.4 Å². The van der Waals surface area contributed by atoms with Gasteiger partial charge in [0.15, 0.2) is 0 Å². The quantitative estimate of drug-likeness (QED) is 0.423. The molecule has 0 saturated heterocycles. The fourth-order valence-corrected chi connectivity index (χ4v) is 6.20. The van der Waals surface area contributed by atoms with Crippen molar-refractivity contribution in [2.24, 2.45) is 0 Å². The number of anilines is 2. The van der Waals surface area contributed by atoms with Gasteiger partial charge in [-0.1, -0.05) is 42.5 Å². The number of nitrogen functional groups attached to an aromatic ring is 1. The van der Waals surface area contributed by atoms with E-state index in [1.165, 1.54) is 34.9 Å². The Hall–Kier alpha value is -3.47. The van der Waals surface area contributed by atoms with Gasteiger partial charge in [-0.3, -0.25) is 9.29 Å². The van der Waals surface area contributed by atoms with Crippen molar-refractivity contribution in [3.05, 3.63) is 90.5 Å². The molecule has 0 spiro atoms. The van der Waals surface area contributed by atoms with Crippen LogP contribution in [0.15, 0.2) is 84.0 Å². The molecule has 5 rings (SSSR count). The molecule has 0 radical (unpaired) electrons. The zero-order chi connectivity index (χ0) is 23.9. The van der Waals surface area contributed by atoms with Gasteiger partial charge in [-0.05, 0) is 41.8 Å². The Morgan fingerprint density at radius 1 is 1.00 bits per heavy atom. The molecule has 3 aromatic carbocycles. The summed E-state index contributed by atoms with van der Waals surface area (Å²) in [6, 6.07) is 17.5. The number of para-hydroxylation sites is 1. The molecule has 0 fully saturated rings. The van der Waals surface area contributed by atoms with Crippen LogP contribution in [0.1, 0.15) is 5.56 Å². The van der Waals surface area contributed by atoms with Crippen LogP contribution in [0, 0.1) is 5.82 Å². The predicted octanol–water partition coefficient (Wildman–Crippen LogP) is 3.76. The molecule has 2 heterocycles. The molecule has 0 bridgehead atoms. The minimum atomic E-state index is -4.06. The summed E-state index contributed by atoms with van der Waals surface area (Å²) in [7, 11) is -4.06. The molecule has 0 amide bonds. The molecule has 0 unspecified atom stereocenters. The number of aromatic nitrogens is 2. The van der Waals surface area contributed by atoms with Crippen molar-refractivity contribution in [1.82, 2.24) is 9.97 Å². The summed E-state index contributed by atoms with van der Waals surface area (Å²) in [6.07, 6.45) is 3.14. The molecule has 1 aliphatic heterocycles. The Labute approximate surface area is 209 Å². The van der Waals surface area contributed by atoms with E-state index in [9.17, 15) is 13.5 Å². The van der Waals surface area contributed by atoms with Crippen LogP contribution in [0.2, 0.25) is 0 Å². The van der Waals surface area contributed by atoms with E-state index in [0.717, 1.165) is 5.56 Å². The largest absolute Gasteiger partial charge is 0.394 e. The standard InChI is InChI=1S/C25H21FN4O3S.H2S/c26-21-12-16(9-10-20(21)22-13-29-25(27)14-28-22)19-6-2-4-8-24(19)34(32,33)30-18(15-31)11-17-5-1-3-7-23(17)30;/h1-10,12-14,18,31H,11,15H2,(H2,27,29);1H2/t18-;/m0./s1. The summed E-state index contributed by atoms with van der Waals surface area (Å²) in [5.41, 5.74) is 8.25. The van der Waals surface area contributed by atoms with Crippen molar-refractivity contribution in [3.8, 4) is 22.4 Å². The number of hydrogen-bond acceptors (Lipinski definition) is 6. The number of aliphatic hydroxyl groups excluding tert-OH is 1. The van der Waals surface area contributed by atoms with Crippen LogP contribution in [-0.2, 0) is 16.4 Å². The maximum atomic E-state index is 15.1. The third-order valence-corrected chi connectivity index (χ3v) is 7.80. The van der Waals surface area contributed by atoms with E-state index in [2.05, 4.69) is 9.97 Å². The second-order valence-electron chi connectivity index (χ2n) is 7.99. The SMILES string of the molecule is Nc1cnc(-c2ccc(-c3ccccc3S(=O)(=O)N3c4ccccc4C[C@H]3CO)cc2F)cn1.S. The summed E-state index contributed by atoms with van der Waals surface area (Å²) in [5, 5.41) is 9.92. The number of aliphatic hydroxyl groups is 1. The van der Waals surface area contributed by atoms with E-state index in [-0.39, 0.29) is 36.4 Å². The lowest BCUT2D eigenvalue weighted by molar-refractivity contribution is 0.270. The molecule has 1 aliphatic rings. The number of hydrogen-bond donors (Lipinski definition) is 2. The fourth-order valence-electron chi connectivity index (χ4n) is 4.30. The topological polar surface area (TPSA) is 109 Å². The Kier molecular flexibility index (Phi) is 6.79. The monoisotopic (exact) mass is 510 g/mol. The number of sulfonamides is 1. The fraction of sp³-hybridized carbons (Fsp3) is 0.120. The zero-order valence-corrected chi connectivity index (χ0v) is 20.3. The smallest absolute Gasteiger partial charge is 0.265 e. The first-order valence-electron chi connectivity index (χ1n) is 10.6. The van der Waals surface area contributed by atoms with E-state index < -0.39 is 21.9 Å². The Balaban J connectivity index is 0.00000289. The lowest BCUT2D eigenvalue weighted by atomic mass is 10.0. The third kappa shape index (κ3) is 4.36. The van der Waals surface area contributed by atoms with Gasteiger partial charge in [-0.15, -0.1) is 0 Å².